The van der Waals surface area contributed by atoms with Crippen LogP contribution in [0.15, 0.2) is 65.3 Å². The molecule has 37 heavy (non-hydrogen) atoms. The first-order valence-electron chi connectivity index (χ1n) is 11.2. The van der Waals surface area contributed by atoms with Crippen LogP contribution in [0.4, 0.5) is 14.9 Å². The number of nitrogens with two attached hydrogens (primary N) is 1. The Bertz CT molecular complexity index is 1270. The van der Waals surface area contributed by atoms with E-state index in [9.17, 15) is 26.0 Å². The van der Waals surface area contributed by atoms with Crippen LogP contribution in [-0.4, -0.2) is 45.8 Å². The van der Waals surface area contributed by atoms with Crippen molar-refractivity contribution in [1.82, 2.24) is 0 Å². The van der Waals surface area contributed by atoms with Crippen LogP contribution in [0.3, 0.4) is 0 Å². The molecule has 204 valence electrons. The maximum Gasteiger partial charge on any atom is 0.404 e. The third-order valence-electron chi connectivity index (χ3n) is 4.94. The molecule has 0 aromatic heterocycles. The Morgan fingerprint density at radius 1 is 1.00 bits per heavy atom. The number of sulfonamides is 2. The fourth-order valence-corrected chi connectivity index (χ4v) is 7.45. The number of primary amides is 1. The number of hydrogen-bond acceptors (Lipinski definition) is 8. The average Bonchev–Trinajstić information content (AvgIpc) is 2.82. The number of hydrogen-bond donors (Lipinski definition) is 1. The molecule has 0 aliphatic rings. The summed E-state index contributed by atoms with van der Waals surface area (Å²) in [5.74, 6) is -0.000136. The number of halogens is 1. The first kappa shape index (κ1) is 30.5. The summed E-state index contributed by atoms with van der Waals surface area (Å²) < 4.78 is 76.3. The molecule has 0 fully saturated rings. The van der Waals surface area contributed by atoms with Crippen LogP contribution in [0.1, 0.15) is 33.3 Å². The van der Waals surface area contributed by atoms with E-state index in [0.717, 1.165) is 6.08 Å². The van der Waals surface area contributed by atoms with Crippen molar-refractivity contribution >= 4 is 43.6 Å². The lowest BCUT2D eigenvalue weighted by atomic mass is 10.2. The van der Waals surface area contributed by atoms with E-state index < -0.39 is 42.5 Å². The van der Waals surface area contributed by atoms with Crippen LogP contribution in [0.25, 0.3) is 0 Å². The molecule has 0 aliphatic carbocycles. The van der Waals surface area contributed by atoms with Gasteiger partial charge in [0.1, 0.15) is 24.8 Å². The number of benzene rings is 2. The fraction of sp³-hybridized carbons (Fsp3) is 0.375. The third-order valence-corrected chi connectivity index (χ3v) is 11.0. The average molecular weight is 575 g/mol. The Balaban J connectivity index is 2.15. The van der Waals surface area contributed by atoms with Crippen LogP contribution in [0.2, 0.25) is 0 Å². The van der Waals surface area contributed by atoms with Crippen molar-refractivity contribution in [2.75, 3.05) is 16.1 Å². The highest BCUT2D eigenvalue weighted by atomic mass is 32.3. The lowest BCUT2D eigenvalue weighted by Crippen LogP contribution is -2.44. The highest BCUT2D eigenvalue weighted by Crippen LogP contribution is 2.32. The number of thioether (sulfide) groups is 1. The number of anilines is 1. The minimum absolute atomic E-state index is 0.0122. The van der Waals surface area contributed by atoms with Gasteiger partial charge in [0.2, 0.25) is 0 Å². The Hall–Kier alpha value is -2.77. The summed E-state index contributed by atoms with van der Waals surface area (Å²) in [4.78, 5) is 11.2. The van der Waals surface area contributed by atoms with Crippen molar-refractivity contribution in [3.05, 3.63) is 66.0 Å². The zero-order valence-corrected chi connectivity index (χ0v) is 23.4. The van der Waals surface area contributed by atoms with E-state index in [1.54, 1.807) is 36.4 Å². The highest BCUT2D eigenvalue weighted by molar-refractivity contribution is 8.10. The van der Waals surface area contributed by atoms with E-state index in [1.807, 2.05) is 0 Å². The first-order valence-corrected chi connectivity index (χ1v) is 15.2. The number of nitrogens with zero attached hydrogens (tertiary/aromatic N) is 1. The van der Waals surface area contributed by atoms with Crippen molar-refractivity contribution in [3.63, 3.8) is 0 Å². The third kappa shape index (κ3) is 8.37. The normalized spacial score (nSPS) is 12.6. The molecule has 0 radical (unpaired) electrons. The van der Waals surface area contributed by atoms with Crippen LogP contribution >= 0.6 is 11.8 Å². The lowest BCUT2D eigenvalue weighted by molar-refractivity contribution is 0.168. The van der Waals surface area contributed by atoms with E-state index in [4.69, 9.17) is 10.5 Å². The second kappa shape index (κ2) is 13.2. The molecule has 0 atom stereocenters. The standard InChI is InChI=1S/C24H31FN2O7S3/c1-17(2)36(29,30)27(37(31,32)18(3)4)21-11-9-19(10-12-21)15-34-22-7-5-6-8-23(22)35-16-20(25)13-14-33-24(26)28/h5-13,17-18H,14-16H2,1-4H3,(H2,26,28). The number of amides is 1. The van der Waals surface area contributed by atoms with Crippen molar-refractivity contribution in [2.45, 2.75) is 49.7 Å². The van der Waals surface area contributed by atoms with Gasteiger partial charge < -0.3 is 15.2 Å². The molecule has 2 rings (SSSR count). The zero-order chi connectivity index (χ0) is 27.8. The summed E-state index contributed by atoms with van der Waals surface area (Å²) >= 11 is 1.19. The highest BCUT2D eigenvalue weighted by Gasteiger charge is 2.38. The molecular weight excluding hydrogens is 543 g/mol. The van der Waals surface area contributed by atoms with Gasteiger partial charge >= 0.3 is 6.09 Å². The monoisotopic (exact) mass is 574 g/mol. The largest absolute Gasteiger partial charge is 0.488 e. The number of carbonyl (C=O) groups is 1. The van der Waals surface area contributed by atoms with Gasteiger partial charge in [-0.2, -0.15) is 3.71 Å². The topological polar surface area (TPSA) is 133 Å². The summed E-state index contributed by atoms with van der Waals surface area (Å²) in [6.07, 6.45) is 0.129. The van der Waals surface area contributed by atoms with Gasteiger partial charge in [-0.25, -0.2) is 26.0 Å². The van der Waals surface area contributed by atoms with Gasteiger partial charge in [0, 0.05) is 4.90 Å². The molecular formula is C24H31FN2O7S3. The molecule has 9 nitrogen and oxygen atoms in total. The maximum atomic E-state index is 14.0. The van der Waals surface area contributed by atoms with E-state index >= 15 is 0 Å². The van der Waals surface area contributed by atoms with Gasteiger partial charge in [0.25, 0.3) is 20.0 Å². The number of para-hydroxylation sites is 1. The van der Waals surface area contributed by atoms with E-state index in [1.165, 1.54) is 51.6 Å². The summed E-state index contributed by atoms with van der Waals surface area (Å²) in [5.41, 5.74) is 5.53. The zero-order valence-electron chi connectivity index (χ0n) is 21.0. The fourth-order valence-electron chi connectivity index (χ4n) is 2.81. The van der Waals surface area contributed by atoms with E-state index in [-0.39, 0.29) is 24.7 Å². The molecule has 0 unspecified atom stereocenters. The maximum absolute atomic E-state index is 14.0. The molecule has 2 aromatic rings. The van der Waals surface area contributed by atoms with Crippen LogP contribution < -0.4 is 14.2 Å². The predicted molar refractivity (Wildman–Crippen MR) is 143 cm³/mol. The molecule has 13 heteroatoms. The SMILES string of the molecule is CC(C)S(=O)(=O)N(c1ccc(COc2ccccc2SCC(F)=CCOC(N)=O)cc1)S(=O)(=O)C(C)C. The van der Waals surface area contributed by atoms with Crippen LogP contribution in [0.5, 0.6) is 5.75 Å². The first-order chi connectivity index (χ1) is 17.3. The molecule has 0 saturated heterocycles. The molecule has 2 N–H and O–H groups in total. The Morgan fingerprint density at radius 3 is 2.11 bits per heavy atom. The van der Waals surface area contributed by atoms with Crippen molar-refractivity contribution < 1.29 is 35.5 Å². The van der Waals surface area contributed by atoms with Crippen molar-refractivity contribution in [1.29, 1.82) is 0 Å². The molecule has 2 aromatic carbocycles. The summed E-state index contributed by atoms with van der Waals surface area (Å²) in [5, 5.41) is -1.87. The second-order valence-electron chi connectivity index (χ2n) is 8.36. The number of carbonyl (C=O) groups excluding carboxylic acids is 1. The van der Waals surface area contributed by atoms with Gasteiger partial charge in [-0.3, -0.25) is 0 Å². The molecule has 0 heterocycles. The molecule has 0 saturated carbocycles. The van der Waals surface area contributed by atoms with E-state index in [2.05, 4.69) is 4.74 Å². The summed E-state index contributed by atoms with van der Waals surface area (Å²) in [7, 11) is -8.29. The Morgan fingerprint density at radius 2 is 1.57 bits per heavy atom. The van der Waals surface area contributed by atoms with Crippen molar-refractivity contribution in [2.24, 2.45) is 5.73 Å². The van der Waals surface area contributed by atoms with E-state index in [0.29, 0.717) is 19.9 Å². The van der Waals surface area contributed by atoms with Gasteiger partial charge in [0.15, 0.2) is 0 Å². The minimum Gasteiger partial charge on any atom is -0.488 e. The number of ether oxygens (including phenoxy) is 2. The minimum atomic E-state index is -4.15. The number of rotatable bonds is 13. The summed E-state index contributed by atoms with van der Waals surface area (Å²) in [6, 6.07) is 13.1. The van der Waals surface area contributed by atoms with Gasteiger partial charge in [-0.05, 0) is 63.6 Å². The van der Waals surface area contributed by atoms with Crippen LogP contribution in [-0.2, 0) is 31.4 Å². The Labute approximate surface area is 221 Å². The van der Waals surface area contributed by atoms with Gasteiger partial charge in [-0.1, -0.05) is 24.3 Å². The smallest absolute Gasteiger partial charge is 0.404 e. The second-order valence-corrected chi connectivity index (χ2v) is 14.3. The Kier molecular flexibility index (Phi) is 10.8. The lowest BCUT2D eigenvalue weighted by Gasteiger charge is -2.27. The van der Waals surface area contributed by atoms with Crippen molar-refractivity contribution in [3.8, 4) is 5.75 Å². The quantitative estimate of drug-likeness (QED) is 0.344. The molecule has 0 bridgehead atoms. The van der Waals surface area contributed by atoms with Gasteiger partial charge in [-0.15, -0.1) is 11.8 Å². The predicted octanol–water partition coefficient (Wildman–Crippen LogP) is 4.59. The molecule has 0 spiro atoms. The summed E-state index contributed by atoms with van der Waals surface area (Å²) in [6.45, 7) is 5.54. The van der Waals surface area contributed by atoms with Crippen LogP contribution in [0, 0.1) is 0 Å². The van der Waals surface area contributed by atoms with Gasteiger partial charge in [0.05, 0.1) is 21.9 Å². The molecule has 0 aliphatic heterocycles. The molecule has 1 amide bonds.